The first kappa shape index (κ1) is 16.3. The summed E-state index contributed by atoms with van der Waals surface area (Å²) < 4.78 is 13.4. The number of benzene rings is 1. The van der Waals surface area contributed by atoms with Crippen LogP contribution in [0.25, 0.3) is 0 Å². The first-order valence-electron chi connectivity index (χ1n) is 5.83. The summed E-state index contributed by atoms with van der Waals surface area (Å²) in [5.41, 5.74) is 1.24. The predicted molar refractivity (Wildman–Crippen MR) is 75.3 cm³/mol. The van der Waals surface area contributed by atoms with E-state index in [-0.39, 0.29) is 0 Å². The molecule has 0 aromatic heterocycles. The normalized spacial score (nSPS) is 12.2. The quantitative estimate of drug-likeness (QED) is 0.825. The molecule has 0 bridgehead atoms. The maximum atomic E-state index is 11.7. The molecule has 0 saturated heterocycles. The van der Waals surface area contributed by atoms with Crippen LogP contribution in [-0.2, 0) is 17.5 Å². The van der Waals surface area contributed by atoms with E-state index in [1.165, 1.54) is 5.56 Å². The van der Waals surface area contributed by atoms with Gasteiger partial charge in [0, 0.05) is 6.54 Å². The van der Waals surface area contributed by atoms with E-state index in [2.05, 4.69) is 4.90 Å². The highest BCUT2D eigenvalue weighted by Gasteiger charge is 2.05. The van der Waals surface area contributed by atoms with Crippen LogP contribution in [0.4, 0.5) is 0 Å². The Bertz CT molecular complexity index is 334. The van der Waals surface area contributed by atoms with E-state index in [0.29, 0.717) is 0 Å². The summed E-state index contributed by atoms with van der Waals surface area (Å²) in [5.74, 6) is 0. The SMILES string of the molecule is CC.CN(C)Cc1ccc(S(=O)N(C)C)cc1. The zero-order valence-corrected chi connectivity index (χ0v) is 12.5. The predicted octanol–water partition coefficient (Wildman–Crippen LogP) is 2.36. The molecule has 0 amide bonds. The third-order valence-electron chi connectivity index (χ3n) is 1.96. The van der Waals surface area contributed by atoms with Crippen LogP contribution < -0.4 is 0 Å². The van der Waals surface area contributed by atoms with Crippen LogP contribution in [0, 0.1) is 0 Å². The lowest BCUT2D eigenvalue weighted by Gasteiger charge is -2.11. The first-order chi connectivity index (χ1) is 8.00. The van der Waals surface area contributed by atoms with Gasteiger partial charge >= 0.3 is 0 Å². The van der Waals surface area contributed by atoms with E-state index in [9.17, 15) is 4.21 Å². The highest BCUT2D eigenvalue weighted by Crippen LogP contribution is 2.11. The number of hydrogen-bond acceptors (Lipinski definition) is 2. The first-order valence-corrected chi connectivity index (χ1v) is 6.94. The van der Waals surface area contributed by atoms with Crippen molar-refractivity contribution in [2.45, 2.75) is 25.3 Å². The summed E-state index contributed by atoms with van der Waals surface area (Å²) in [7, 11) is 6.65. The van der Waals surface area contributed by atoms with Gasteiger partial charge in [0.15, 0.2) is 0 Å². The van der Waals surface area contributed by atoms with Gasteiger partial charge in [-0.1, -0.05) is 26.0 Å². The van der Waals surface area contributed by atoms with Gasteiger partial charge in [0.1, 0.15) is 11.0 Å². The molecule has 3 nitrogen and oxygen atoms in total. The fraction of sp³-hybridized carbons (Fsp3) is 0.538. The zero-order chi connectivity index (χ0) is 13.4. The van der Waals surface area contributed by atoms with E-state index in [0.717, 1.165) is 11.4 Å². The molecular weight excluding hydrogens is 232 g/mol. The summed E-state index contributed by atoms with van der Waals surface area (Å²) >= 11 is 0. The third-order valence-corrected chi connectivity index (χ3v) is 3.29. The number of rotatable bonds is 4. The van der Waals surface area contributed by atoms with Gasteiger partial charge < -0.3 is 4.90 Å². The molecule has 0 aliphatic rings. The number of hydrogen-bond donors (Lipinski definition) is 0. The Morgan fingerprint density at radius 3 is 1.82 bits per heavy atom. The van der Waals surface area contributed by atoms with Crippen LogP contribution in [0.15, 0.2) is 29.2 Å². The second kappa shape index (κ2) is 8.39. The molecule has 98 valence electrons. The van der Waals surface area contributed by atoms with Gasteiger partial charge in [-0.3, -0.25) is 0 Å². The Morgan fingerprint density at radius 1 is 1.00 bits per heavy atom. The standard InChI is InChI=1S/C11H18N2OS.C2H6/c1-12(2)9-10-5-7-11(8-6-10)15(14)13(3)4;1-2/h5-8H,9H2,1-4H3;1-2H3. The summed E-state index contributed by atoms with van der Waals surface area (Å²) in [6.07, 6.45) is 0. The van der Waals surface area contributed by atoms with Crippen molar-refractivity contribution in [3.05, 3.63) is 29.8 Å². The molecule has 1 aromatic carbocycles. The van der Waals surface area contributed by atoms with Crippen LogP contribution in [0.2, 0.25) is 0 Å². The maximum absolute atomic E-state index is 11.7. The molecule has 1 atom stereocenters. The molecular formula is C13H24N2OS. The van der Waals surface area contributed by atoms with Gasteiger partial charge in [-0.15, -0.1) is 0 Å². The van der Waals surface area contributed by atoms with Crippen LogP contribution >= 0.6 is 0 Å². The molecule has 1 rings (SSSR count). The van der Waals surface area contributed by atoms with Crippen LogP contribution in [-0.4, -0.2) is 41.6 Å². The van der Waals surface area contributed by atoms with Crippen LogP contribution in [0.3, 0.4) is 0 Å². The van der Waals surface area contributed by atoms with Crippen molar-refractivity contribution in [3.63, 3.8) is 0 Å². The highest BCUT2D eigenvalue weighted by atomic mass is 32.2. The monoisotopic (exact) mass is 256 g/mol. The average Bonchev–Trinajstić information content (AvgIpc) is 2.31. The molecule has 0 heterocycles. The molecule has 0 spiro atoms. The molecule has 1 unspecified atom stereocenters. The fourth-order valence-electron chi connectivity index (χ4n) is 1.29. The Hall–Kier alpha value is -0.710. The highest BCUT2D eigenvalue weighted by molar-refractivity contribution is 7.82. The Morgan fingerprint density at radius 2 is 1.47 bits per heavy atom. The van der Waals surface area contributed by atoms with E-state index in [1.54, 1.807) is 4.31 Å². The molecule has 0 aliphatic carbocycles. The van der Waals surface area contributed by atoms with Crippen molar-refractivity contribution in [2.24, 2.45) is 0 Å². The summed E-state index contributed by atoms with van der Waals surface area (Å²) in [6.45, 7) is 4.91. The van der Waals surface area contributed by atoms with E-state index < -0.39 is 11.0 Å². The summed E-state index contributed by atoms with van der Waals surface area (Å²) in [4.78, 5) is 2.96. The van der Waals surface area contributed by atoms with Gasteiger partial charge in [-0.25, -0.2) is 8.51 Å². The molecule has 0 radical (unpaired) electrons. The topological polar surface area (TPSA) is 23.6 Å². The smallest absolute Gasteiger partial charge is 0.127 e. The van der Waals surface area contributed by atoms with E-state index >= 15 is 0 Å². The van der Waals surface area contributed by atoms with Gasteiger partial charge in [0.05, 0.1) is 4.90 Å². The van der Waals surface area contributed by atoms with E-state index in [1.807, 2.05) is 66.3 Å². The molecule has 4 heteroatoms. The van der Waals surface area contributed by atoms with Crippen molar-refractivity contribution in [1.82, 2.24) is 9.21 Å². The zero-order valence-electron chi connectivity index (χ0n) is 11.7. The fourth-order valence-corrected chi connectivity index (χ4v) is 2.08. The molecule has 0 saturated carbocycles. The largest absolute Gasteiger partial charge is 0.305 e. The van der Waals surface area contributed by atoms with Gasteiger partial charge in [0.25, 0.3) is 0 Å². The van der Waals surface area contributed by atoms with Crippen molar-refractivity contribution in [2.75, 3.05) is 28.2 Å². The van der Waals surface area contributed by atoms with Crippen molar-refractivity contribution in [1.29, 1.82) is 0 Å². The van der Waals surface area contributed by atoms with Gasteiger partial charge in [-0.05, 0) is 45.9 Å². The second-order valence-corrected chi connectivity index (χ2v) is 5.64. The summed E-state index contributed by atoms with van der Waals surface area (Å²) in [6, 6.07) is 7.90. The molecule has 1 aromatic rings. The molecule has 0 N–H and O–H groups in total. The van der Waals surface area contributed by atoms with Crippen LogP contribution in [0.5, 0.6) is 0 Å². The lowest BCUT2D eigenvalue weighted by molar-refractivity contribution is 0.402. The summed E-state index contributed by atoms with van der Waals surface area (Å²) in [5, 5.41) is 0. The third kappa shape index (κ3) is 5.96. The van der Waals surface area contributed by atoms with Gasteiger partial charge in [0.2, 0.25) is 0 Å². The molecule has 0 fully saturated rings. The van der Waals surface area contributed by atoms with Crippen molar-refractivity contribution < 1.29 is 4.21 Å². The lowest BCUT2D eigenvalue weighted by Crippen LogP contribution is -2.15. The molecule has 17 heavy (non-hydrogen) atoms. The van der Waals surface area contributed by atoms with E-state index in [4.69, 9.17) is 0 Å². The Labute approximate surface area is 108 Å². The maximum Gasteiger partial charge on any atom is 0.127 e. The molecule has 0 aliphatic heterocycles. The van der Waals surface area contributed by atoms with Crippen molar-refractivity contribution in [3.8, 4) is 0 Å². The Kier molecular flexibility index (Phi) is 8.04. The average molecular weight is 256 g/mol. The minimum Gasteiger partial charge on any atom is -0.305 e. The van der Waals surface area contributed by atoms with Crippen LogP contribution in [0.1, 0.15) is 19.4 Å². The lowest BCUT2D eigenvalue weighted by atomic mass is 10.2. The van der Waals surface area contributed by atoms with Gasteiger partial charge in [-0.2, -0.15) is 0 Å². The number of nitrogens with zero attached hydrogens (tertiary/aromatic N) is 2. The minimum absolute atomic E-state index is 0.850. The second-order valence-electron chi connectivity index (χ2n) is 3.94. The Balaban J connectivity index is 0.00000121. The van der Waals surface area contributed by atoms with Crippen molar-refractivity contribution >= 4 is 11.0 Å². The minimum atomic E-state index is -1.04.